The molecule has 9 heteroatoms. The molecule has 1 N–H and O–H groups in total. The van der Waals surface area contributed by atoms with E-state index >= 15 is 0 Å². The van der Waals surface area contributed by atoms with Crippen LogP contribution in [0.2, 0.25) is 0 Å². The van der Waals surface area contributed by atoms with Crippen LogP contribution in [0.15, 0.2) is 23.2 Å². The molecule has 1 heterocycles. The van der Waals surface area contributed by atoms with Crippen LogP contribution in [0, 0.1) is 5.92 Å². The van der Waals surface area contributed by atoms with E-state index < -0.39 is 16.4 Å². The molecule has 0 saturated heterocycles. The largest absolute Gasteiger partial charge is 0.358 e. The second kappa shape index (κ2) is 8.17. The van der Waals surface area contributed by atoms with Gasteiger partial charge < -0.3 is 4.90 Å². The van der Waals surface area contributed by atoms with Gasteiger partial charge in [-0.05, 0) is 37.9 Å². The SMILES string of the molecule is CN(CCN(C)c1ccc(S(=O)(=O)NCC2CC2)cn1)CC(F)F. The fraction of sp³-hybridized carbons (Fsp3) is 0.667. The van der Waals surface area contributed by atoms with Gasteiger partial charge in [-0.2, -0.15) is 0 Å². The van der Waals surface area contributed by atoms with Crippen molar-refractivity contribution in [2.45, 2.75) is 24.2 Å². The molecule has 1 aromatic rings. The molecule has 0 unspecified atom stereocenters. The number of halogens is 2. The zero-order chi connectivity index (χ0) is 17.7. The van der Waals surface area contributed by atoms with Gasteiger partial charge in [0.1, 0.15) is 10.7 Å². The number of pyridine rings is 1. The molecule has 0 bridgehead atoms. The van der Waals surface area contributed by atoms with Crippen molar-refractivity contribution < 1.29 is 17.2 Å². The number of anilines is 1. The minimum absolute atomic E-state index is 0.134. The molecule has 0 aliphatic heterocycles. The van der Waals surface area contributed by atoms with E-state index in [1.54, 1.807) is 30.0 Å². The number of sulfonamides is 1. The number of alkyl halides is 2. The van der Waals surface area contributed by atoms with Gasteiger partial charge in [-0.1, -0.05) is 0 Å². The lowest BCUT2D eigenvalue weighted by Gasteiger charge is -2.22. The Kier molecular flexibility index (Phi) is 6.47. The molecular formula is C15H24F2N4O2S. The topological polar surface area (TPSA) is 65.5 Å². The van der Waals surface area contributed by atoms with Gasteiger partial charge in [-0.15, -0.1) is 0 Å². The normalized spacial score (nSPS) is 15.2. The highest BCUT2D eigenvalue weighted by Crippen LogP contribution is 2.28. The fourth-order valence-electron chi connectivity index (χ4n) is 2.15. The molecule has 136 valence electrons. The van der Waals surface area contributed by atoms with Crippen LogP contribution in [0.4, 0.5) is 14.6 Å². The molecule has 1 aromatic heterocycles. The fourth-order valence-corrected chi connectivity index (χ4v) is 3.21. The summed E-state index contributed by atoms with van der Waals surface area (Å²) < 4.78 is 51.4. The predicted molar refractivity (Wildman–Crippen MR) is 88.9 cm³/mol. The van der Waals surface area contributed by atoms with E-state index in [0.717, 1.165) is 12.8 Å². The van der Waals surface area contributed by atoms with E-state index in [0.29, 0.717) is 31.4 Å². The Bertz CT molecular complexity index is 621. The van der Waals surface area contributed by atoms with Gasteiger partial charge in [0.05, 0.1) is 6.54 Å². The van der Waals surface area contributed by atoms with Crippen molar-refractivity contribution in [2.24, 2.45) is 5.92 Å². The molecular weight excluding hydrogens is 338 g/mol. The number of aromatic nitrogens is 1. The Labute approximate surface area is 141 Å². The Balaban J connectivity index is 1.88. The van der Waals surface area contributed by atoms with Crippen LogP contribution in [0.5, 0.6) is 0 Å². The Morgan fingerprint density at radius 2 is 2.00 bits per heavy atom. The highest BCUT2D eigenvalue weighted by atomic mass is 32.2. The van der Waals surface area contributed by atoms with Crippen molar-refractivity contribution in [2.75, 3.05) is 45.2 Å². The summed E-state index contributed by atoms with van der Waals surface area (Å²) >= 11 is 0. The maximum Gasteiger partial charge on any atom is 0.251 e. The highest BCUT2D eigenvalue weighted by molar-refractivity contribution is 7.89. The van der Waals surface area contributed by atoms with Gasteiger partial charge in [0, 0.05) is 32.9 Å². The summed E-state index contributed by atoms with van der Waals surface area (Å²) in [5, 5.41) is 0. The van der Waals surface area contributed by atoms with Gasteiger partial charge in [0.15, 0.2) is 0 Å². The van der Waals surface area contributed by atoms with Crippen LogP contribution in [-0.2, 0) is 10.0 Å². The molecule has 0 radical (unpaired) electrons. The first-order chi connectivity index (χ1) is 11.3. The second-order valence-electron chi connectivity index (χ2n) is 6.22. The van der Waals surface area contributed by atoms with Gasteiger partial charge in [0.25, 0.3) is 6.43 Å². The van der Waals surface area contributed by atoms with E-state index in [9.17, 15) is 17.2 Å². The number of hydrogen-bond donors (Lipinski definition) is 1. The third kappa shape index (κ3) is 5.95. The summed E-state index contributed by atoms with van der Waals surface area (Å²) in [4.78, 5) is 7.65. The van der Waals surface area contributed by atoms with Crippen LogP contribution >= 0.6 is 0 Å². The van der Waals surface area contributed by atoms with Crippen molar-refractivity contribution in [3.63, 3.8) is 0 Å². The van der Waals surface area contributed by atoms with Crippen LogP contribution in [0.1, 0.15) is 12.8 Å². The Morgan fingerprint density at radius 3 is 2.54 bits per heavy atom. The third-order valence-corrected chi connectivity index (χ3v) is 5.36. The molecule has 1 fully saturated rings. The van der Waals surface area contributed by atoms with Crippen molar-refractivity contribution in [1.82, 2.24) is 14.6 Å². The molecule has 1 aliphatic carbocycles. The van der Waals surface area contributed by atoms with Gasteiger partial charge >= 0.3 is 0 Å². The van der Waals surface area contributed by atoms with Crippen molar-refractivity contribution >= 4 is 15.8 Å². The lowest BCUT2D eigenvalue weighted by molar-refractivity contribution is 0.102. The van der Waals surface area contributed by atoms with Crippen LogP contribution in [-0.4, -0.2) is 65.0 Å². The molecule has 0 atom stereocenters. The monoisotopic (exact) mass is 362 g/mol. The zero-order valence-electron chi connectivity index (χ0n) is 14.0. The molecule has 1 saturated carbocycles. The zero-order valence-corrected chi connectivity index (χ0v) is 14.8. The molecule has 0 amide bonds. The Morgan fingerprint density at radius 1 is 1.29 bits per heavy atom. The summed E-state index contributed by atoms with van der Waals surface area (Å²) in [6.07, 6.45) is 1.12. The summed E-state index contributed by atoms with van der Waals surface area (Å²) in [6, 6.07) is 3.13. The van der Waals surface area contributed by atoms with E-state index in [1.165, 1.54) is 12.3 Å². The van der Waals surface area contributed by atoms with E-state index in [-0.39, 0.29) is 11.4 Å². The van der Waals surface area contributed by atoms with Crippen LogP contribution < -0.4 is 9.62 Å². The lowest BCUT2D eigenvalue weighted by Crippen LogP contribution is -2.33. The highest BCUT2D eigenvalue weighted by Gasteiger charge is 2.24. The molecule has 1 aliphatic rings. The summed E-state index contributed by atoms with van der Waals surface area (Å²) in [5.74, 6) is 1.06. The smallest absolute Gasteiger partial charge is 0.251 e. The second-order valence-corrected chi connectivity index (χ2v) is 7.99. The average Bonchev–Trinajstić information content (AvgIpc) is 3.34. The summed E-state index contributed by atoms with van der Waals surface area (Å²) in [5.41, 5.74) is 0. The average molecular weight is 362 g/mol. The van der Waals surface area contributed by atoms with Gasteiger partial charge in [-0.25, -0.2) is 26.9 Å². The minimum atomic E-state index is -3.52. The molecule has 0 aromatic carbocycles. The molecule has 0 spiro atoms. The molecule has 2 rings (SSSR count). The van der Waals surface area contributed by atoms with Gasteiger partial charge in [-0.3, -0.25) is 4.90 Å². The number of likely N-dealkylation sites (N-methyl/N-ethyl adjacent to an activating group) is 2. The van der Waals surface area contributed by atoms with Crippen LogP contribution in [0.3, 0.4) is 0 Å². The first kappa shape index (κ1) is 19.0. The van der Waals surface area contributed by atoms with Gasteiger partial charge in [0.2, 0.25) is 10.0 Å². The molecule has 6 nitrogen and oxygen atoms in total. The maximum atomic E-state index is 12.3. The van der Waals surface area contributed by atoms with E-state index in [1.807, 2.05) is 0 Å². The number of nitrogens with zero attached hydrogens (tertiary/aromatic N) is 3. The van der Waals surface area contributed by atoms with Crippen LogP contribution in [0.25, 0.3) is 0 Å². The van der Waals surface area contributed by atoms with E-state index in [4.69, 9.17) is 0 Å². The van der Waals surface area contributed by atoms with Crippen molar-refractivity contribution in [3.8, 4) is 0 Å². The third-order valence-electron chi connectivity index (χ3n) is 3.95. The van der Waals surface area contributed by atoms with Crippen molar-refractivity contribution in [1.29, 1.82) is 0 Å². The number of rotatable bonds is 10. The van der Waals surface area contributed by atoms with Crippen molar-refractivity contribution in [3.05, 3.63) is 18.3 Å². The first-order valence-electron chi connectivity index (χ1n) is 7.91. The Hall–Kier alpha value is -1.32. The summed E-state index contributed by atoms with van der Waals surface area (Å²) in [7, 11) is -0.0963. The molecule has 24 heavy (non-hydrogen) atoms. The predicted octanol–water partition coefficient (Wildman–Crippen LogP) is 1.40. The first-order valence-corrected chi connectivity index (χ1v) is 9.40. The number of nitrogens with one attached hydrogen (secondary N) is 1. The number of hydrogen-bond acceptors (Lipinski definition) is 5. The maximum absolute atomic E-state index is 12.3. The quantitative estimate of drug-likeness (QED) is 0.682. The van der Waals surface area contributed by atoms with E-state index in [2.05, 4.69) is 9.71 Å². The lowest BCUT2D eigenvalue weighted by atomic mass is 10.4. The minimum Gasteiger partial charge on any atom is -0.358 e. The standard InChI is InChI=1S/C15H24F2N4O2S/c1-20(11-14(16)17)7-8-21(2)15-6-5-13(10-18-15)24(22,23)19-9-12-3-4-12/h5-6,10,12,14,19H,3-4,7-9,11H2,1-2H3. The summed E-state index contributed by atoms with van der Waals surface area (Å²) in [6.45, 7) is 1.18.